The topological polar surface area (TPSA) is 356 Å². The first-order chi connectivity index (χ1) is 57.6. The van der Waals surface area contributed by atoms with Gasteiger partial charge >= 0.3 is 5.97 Å². The monoisotopic (exact) mass is 1710 g/mol. The number of aromatic carboxylic acids is 1. The van der Waals surface area contributed by atoms with Crippen molar-refractivity contribution in [2.45, 2.75) is 27.3 Å². The maximum Gasteiger partial charge on any atom is 0.338 e. The Hall–Kier alpha value is -14.1. The van der Waals surface area contributed by atoms with Crippen LogP contribution in [0.1, 0.15) is 34.0 Å². The first-order valence-corrected chi connectivity index (χ1v) is 40.7. The number of anilines is 2. The number of nitrogens with two attached hydrogens (primary N) is 1. The van der Waals surface area contributed by atoms with Crippen molar-refractivity contribution in [2.75, 3.05) is 24.6 Å². The Morgan fingerprint density at radius 3 is 1.55 bits per heavy atom. The molecule has 7 aromatic rings. The third-order valence-electron chi connectivity index (χ3n) is 18.2. The van der Waals surface area contributed by atoms with E-state index in [0.29, 0.717) is 56.2 Å². The highest BCUT2D eigenvalue weighted by Crippen LogP contribution is 2.37. The van der Waals surface area contributed by atoms with E-state index in [1.54, 1.807) is 112 Å². The number of aromatic amines is 1. The summed E-state index contributed by atoms with van der Waals surface area (Å²) in [5.41, 5.74) is 19.2. The molecule has 0 saturated heterocycles. The number of para-hydroxylation sites is 7. The summed E-state index contributed by atoms with van der Waals surface area (Å²) in [6, 6.07) is 73.8. The highest BCUT2D eigenvalue weighted by molar-refractivity contribution is 9.10. The maximum atomic E-state index is 11.9. The van der Waals surface area contributed by atoms with Gasteiger partial charge in [0.2, 0.25) is 16.3 Å². The van der Waals surface area contributed by atoms with E-state index in [9.17, 15) is 48.3 Å². The van der Waals surface area contributed by atoms with Crippen molar-refractivity contribution >= 4 is 153 Å². The van der Waals surface area contributed by atoms with Crippen LogP contribution in [0.2, 0.25) is 0 Å². The number of carboxylic acids is 1. The fourth-order valence-electron chi connectivity index (χ4n) is 12.5. The van der Waals surface area contributed by atoms with Gasteiger partial charge in [-0.15, -0.1) is 45.3 Å². The molecule has 6 N–H and O–H groups in total. The smallest absolute Gasteiger partial charge is 0.338 e. The average Bonchev–Trinajstić information content (AvgIpc) is 0.754. The van der Waals surface area contributed by atoms with Crippen LogP contribution in [0.4, 0.5) is 11.4 Å². The number of carbonyl (C=O) groups is 1. The third kappa shape index (κ3) is 18.1. The number of hydrogen-bond acceptors (Lipinski definition) is 25. The van der Waals surface area contributed by atoms with Crippen LogP contribution in [0.3, 0.4) is 0 Å². The summed E-state index contributed by atoms with van der Waals surface area (Å²) >= 11 is 9.80. The standard InChI is InChI=1S/C15H12N2O5.C14H12N2OS.C13H8BrNOS.C13H9NOS.C12H8N2O2.C12H7NO2.C12H7NOS/c1-2-16-7-3-4-9-11(5-7)22-14-12(17-9)8(15(20)21)6-10(18)13(14)19;1-15-8-9-2-4-11-13(6-9)18-14-7-10(17)3-5-12(14)16-11;1-7-6-9-13(11(14)12(7)16)17-10-5-3-2-4-8(10)15-9;1-8-6-10-13(7-11(8)15)16-12-5-3-2-4-9(12)14-10;13-7-5-9-12(6-10(7)15)16-11-4-2-1-3-8(11)14-9;2*14-8-5-6-10-12(7-8)15-11-4-2-1-3-9(11)13-10/h3-6,16-17H,2H2,1H3,(H,20,21);2-7,15H,8H2,1H3;2-6H,1H3;2-7H,1H3;1-6H,13H2;2*1-7H. The number of nitrogens with zero attached hydrogens (tertiary/aromatic N) is 6. The van der Waals surface area contributed by atoms with Crippen LogP contribution < -0.4 is 59.8 Å². The molecule has 14 aliphatic rings. The summed E-state index contributed by atoms with van der Waals surface area (Å²) < 4.78 is 21.7. The predicted molar refractivity (Wildman–Crippen MR) is 478 cm³/mol. The van der Waals surface area contributed by atoms with Gasteiger partial charge in [0.15, 0.2) is 55.4 Å². The minimum absolute atomic E-state index is 0.000741. The average molecular weight is 1710 g/mol. The molecule has 7 heterocycles. The van der Waals surface area contributed by atoms with Gasteiger partial charge in [-0.3, -0.25) is 38.4 Å². The van der Waals surface area contributed by atoms with Crippen LogP contribution in [0.25, 0.3) is 139 Å². The van der Waals surface area contributed by atoms with Crippen molar-refractivity contribution in [3.8, 4) is 65.2 Å². The van der Waals surface area contributed by atoms with Crippen molar-refractivity contribution in [2.24, 2.45) is 0 Å². The predicted octanol–water partition coefficient (Wildman–Crippen LogP) is 17.6. The van der Waals surface area contributed by atoms with E-state index in [-0.39, 0.29) is 54.6 Å². The van der Waals surface area contributed by atoms with E-state index in [1.165, 1.54) is 29.8 Å². The number of H-pyrrole nitrogens is 1. The second-order valence-electron chi connectivity index (χ2n) is 26.7. The van der Waals surface area contributed by atoms with Crippen molar-refractivity contribution in [3.63, 3.8) is 0 Å². The SMILES string of the molecule is CCNc1ccc2[nH]c3c(C(=O)O)cc(=O)c(=O)c=3oc2c1.CNCc1ccc2nc3ccc(=O)cc-3sc2c1.Cc1cc2nc3ccccc3sc-2c(Br)c1=O.Cc1cc2nc3ccccc3sc-2cc1=O.Nc1cc2nc3ccccc3oc-2cc1=O.O=c1ccc2nc3ccccc3oc-2c1.O=c1ccc2nc3ccccc3sc-2c1. The molecule has 0 bridgehead atoms. The number of aryl methyl sites for hydroxylation is 2. The van der Waals surface area contributed by atoms with Gasteiger partial charge in [0, 0.05) is 61.2 Å². The molecule has 0 aromatic heterocycles. The van der Waals surface area contributed by atoms with Gasteiger partial charge in [-0.25, -0.2) is 34.7 Å². The molecule has 7 aliphatic heterocycles. The van der Waals surface area contributed by atoms with E-state index in [1.807, 2.05) is 167 Å². The number of nitrogen functional groups attached to an aromatic ring is 1. The van der Waals surface area contributed by atoms with Gasteiger partial charge in [0.1, 0.15) is 27.8 Å². The van der Waals surface area contributed by atoms with Crippen molar-refractivity contribution in [1.29, 1.82) is 0 Å². The summed E-state index contributed by atoms with van der Waals surface area (Å²) in [5.74, 6) is -0.323. The fourth-order valence-corrected chi connectivity index (χ4v) is 17.2. The Morgan fingerprint density at radius 1 is 0.445 bits per heavy atom. The third-order valence-corrected chi connectivity index (χ3v) is 23.8. The number of halogens is 1. The first kappa shape index (κ1) is 80.1. The molecule has 119 heavy (non-hydrogen) atoms. The second kappa shape index (κ2) is 35.1. The number of nitrogens with one attached hydrogen (secondary N) is 3. The lowest BCUT2D eigenvalue weighted by Crippen LogP contribution is -2.26. The van der Waals surface area contributed by atoms with Crippen LogP contribution in [0, 0.1) is 24.6 Å². The minimum atomic E-state index is -1.31. The number of fused-ring (bicyclic) bond motifs is 13. The Labute approximate surface area is 696 Å². The van der Waals surface area contributed by atoms with Crippen LogP contribution in [-0.4, -0.2) is 59.6 Å². The zero-order chi connectivity index (χ0) is 83.1. The molecule has 0 radical (unpaired) electrons. The van der Waals surface area contributed by atoms with Gasteiger partial charge in [-0.05, 0) is 200 Å². The molecule has 7 aromatic carbocycles. The molecule has 21 rings (SSSR count). The maximum absolute atomic E-state index is 11.9. The number of carboxylic acid groups (broad SMARTS) is 1. The van der Waals surface area contributed by atoms with E-state index in [4.69, 9.17) is 19.0 Å². The van der Waals surface area contributed by atoms with Crippen molar-refractivity contribution in [1.82, 2.24) is 40.2 Å². The fraction of sp³-hybridized carbons (Fsp3) is 0.0659. The zero-order valence-corrected chi connectivity index (χ0v) is 68.1. The number of hydrogen-bond donors (Lipinski definition) is 5. The summed E-state index contributed by atoms with van der Waals surface area (Å²) in [6.45, 7) is 7.12. The quantitative estimate of drug-likeness (QED) is 0.0607. The molecule has 0 saturated carbocycles. The molecule has 0 unspecified atom stereocenters. The van der Waals surface area contributed by atoms with Gasteiger partial charge in [0.05, 0.1) is 104 Å². The van der Waals surface area contributed by atoms with E-state index in [0.717, 1.165) is 124 Å². The first-order valence-electron chi connectivity index (χ1n) is 36.6. The van der Waals surface area contributed by atoms with Gasteiger partial charge < -0.3 is 39.7 Å². The number of rotatable bonds is 5. The molecule has 23 nitrogen and oxygen atoms in total. The van der Waals surface area contributed by atoms with Gasteiger partial charge in [0.25, 0.3) is 5.43 Å². The largest absolute Gasteiger partial charge is 0.478 e. The molecule has 7 aliphatic carbocycles. The Bertz CT molecular complexity index is 7600. The number of benzene rings is 13. The molecular formula is C91H63BrN10O13S4. The Morgan fingerprint density at radius 2 is 0.950 bits per heavy atom. The van der Waals surface area contributed by atoms with Crippen LogP contribution >= 0.6 is 61.3 Å². The van der Waals surface area contributed by atoms with Gasteiger partial charge in [-0.1, -0.05) is 66.7 Å². The lowest BCUT2D eigenvalue weighted by molar-refractivity contribution is 0.0694. The van der Waals surface area contributed by atoms with E-state index < -0.39 is 16.8 Å². The normalized spacial score (nSPS) is 11.0. The molecular weight excluding hydrogens is 1650 g/mol. The lowest BCUT2D eigenvalue weighted by Gasteiger charge is -2.08. The Balaban J connectivity index is 0.000000109. The summed E-state index contributed by atoms with van der Waals surface area (Å²) in [6.07, 6.45) is 0. The summed E-state index contributed by atoms with van der Waals surface area (Å²) in [4.78, 5) is 137. The van der Waals surface area contributed by atoms with Crippen molar-refractivity contribution < 1.29 is 23.2 Å². The molecule has 0 amide bonds. The molecule has 586 valence electrons. The van der Waals surface area contributed by atoms with E-state index >= 15 is 0 Å². The molecule has 0 spiro atoms. The summed E-state index contributed by atoms with van der Waals surface area (Å²) in [7, 11) is 1.93. The number of aromatic nitrogens is 7. The second-order valence-corrected chi connectivity index (χ2v) is 31.8. The highest BCUT2D eigenvalue weighted by Gasteiger charge is 2.19. The van der Waals surface area contributed by atoms with E-state index in [2.05, 4.69) is 73.6 Å². The molecule has 28 heteroatoms. The lowest BCUT2D eigenvalue weighted by atomic mass is 10.1. The summed E-state index contributed by atoms with van der Waals surface area (Å²) in [5, 5.41) is 15.4. The van der Waals surface area contributed by atoms with Crippen LogP contribution in [-0.2, 0) is 6.54 Å². The van der Waals surface area contributed by atoms with Crippen LogP contribution in [0.5, 0.6) is 0 Å². The Kier molecular flexibility index (Phi) is 23.6. The zero-order valence-electron chi connectivity index (χ0n) is 63.2. The highest BCUT2D eigenvalue weighted by atomic mass is 79.9. The van der Waals surface area contributed by atoms with Crippen molar-refractivity contribution in [3.05, 3.63) is 368 Å². The minimum Gasteiger partial charge on any atom is -0.478 e. The van der Waals surface area contributed by atoms with Crippen LogP contribution in [0.15, 0.2) is 305 Å². The molecule has 0 atom stereocenters. The van der Waals surface area contributed by atoms with Gasteiger partial charge in [-0.2, -0.15) is 0 Å². The molecule has 0 fully saturated rings.